The van der Waals surface area contributed by atoms with E-state index in [1.807, 2.05) is 24.3 Å². The van der Waals surface area contributed by atoms with Gasteiger partial charge in [0.1, 0.15) is 10.1 Å². The number of nitrogens with one attached hydrogen (secondary N) is 1. The fraction of sp³-hybridized carbons (Fsp3) is 0.133. The fourth-order valence-corrected chi connectivity index (χ4v) is 3.99. The number of nitrogens with zero attached hydrogens (tertiary/aromatic N) is 2. The van der Waals surface area contributed by atoms with Gasteiger partial charge in [-0.05, 0) is 30.3 Å². The van der Waals surface area contributed by atoms with Crippen molar-refractivity contribution < 1.29 is 13.9 Å². The second-order valence-corrected chi connectivity index (χ2v) is 8.00. The van der Waals surface area contributed by atoms with Gasteiger partial charge in [0.25, 0.3) is 5.89 Å². The van der Waals surface area contributed by atoms with E-state index in [0.29, 0.717) is 14.2 Å². The van der Waals surface area contributed by atoms with Crippen LogP contribution >= 0.6 is 46.3 Å². The van der Waals surface area contributed by atoms with E-state index in [9.17, 15) is 4.79 Å². The number of amides is 1. The Labute approximate surface area is 161 Å². The minimum atomic E-state index is -0.259. The third-order valence-corrected chi connectivity index (χ3v) is 5.49. The molecule has 0 saturated carbocycles. The number of ether oxygens (including phenoxy) is 1. The summed E-state index contributed by atoms with van der Waals surface area (Å²) >= 11 is 14.5. The molecule has 25 heavy (non-hydrogen) atoms. The van der Waals surface area contributed by atoms with Gasteiger partial charge in [-0.25, -0.2) is 0 Å². The Morgan fingerprint density at radius 2 is 2.08 bits per heavy atom. The van der Waals surface area contributed by atoms with Crippen molar-refractivity contribution in [1.82, 2.24) is 10.2 Å². The monoisotopic (exact) mass is 415 g/mol. The fourth-order valence-electron chi connectivity index (χ4n) is 1.84. The number of anilines is 1. The molecule has 3 rings (SSSR count). The van der Waals surface area contributed by atoms with Crippen LogP contribution in [0.4, 0.5) is 6.01 Å². The van der Waals surface area contributed by atoms with Crippen molar-refractivity contribution in [3.05, 3.63) is 39.0 Å². The summed E-state index contributed by atoms with van der Waals surface area (Å²) in [5, 5.41) is 10.2. The molecule has 0 unspecified atom stereocenters. The molecular formula is C15H11Cl2N3O3S2. The molecule has 0 aliphatic heterocycles. The predicted octanol–water partition coefficient (Wildman–Crippen LogP) is 4.84. The molecular weight excluding hydrogens is 405 g/mol. The van der Waals surface area contributed by atoms with Gasteiger partial charge in [-0.15, -0.1) is 28.2 Å². The summed E-state index contributed by atoms with van der Waals surface area (Å²) < 4.78 is 11.4. The summed E-state index contributed by atoms with van der Waals surface area (Å²) in [6.07, 6.45) is 0. The number of carbonyl (C=O) groups excluding carboxylic acids is 1. The molecule has 0 spiro atoms. The van der Waals surface area contributed by atoms with Gasteiger partial charge in [-0.2, -0.15) is 0 Å². The van der Waals surface area contributed by atoms with Gasteiger partial charge in [0.2, 0.25) is 5.91 Å². The number of hydrogen-bond donors (Lipinski definition) is 1. The number of benzene rings is 1. The third kappa shape index (κ3) is 4.66. The number of halogens is 2. The molecule has 2 aromatic heterocycles. The highest BCUT2D eigenvalue weighted by molar-refractivity contribution is 8.00. The summed E-state index contributed by atoms with van der Waals surface area (Å²) in [5.74, 6) is 0.908. The second kappa shape index (κ2) is 8.09. The van der Waals surface area contributed by atoms with Gasteiger partial charge in [0.15, 0.2) is 0 Å². The number of aromatic nitrogens is 2. The lowest BCUT2D eigenvalue weighted by Gasteiger charge is -2.03. The maximum Gasteiger partial charge on any atom is 0.322 e. The van der Waals surface area contributed by atoms with Gasteiger partial charge >= 0.3 is 6.01 Å². The summed E-state index contributed by atoms with van der Waals surface area (Å²) in [5.41, 5.74) is 0.539. The molecule has 1 aromatic carbocycles. The van der Waals surface area contributed by atoms with Crippen LogP contribution < -0.4 is 10.1 Å². The Kier molecular flexibility index (Phi) is 5.85. The molecule has 0 fully saturated rings. The van der Waals surface area contributed by atoms with Crippen LogP contribution in [0.15, 0.2) is 39.6 Å². The van der Waals surface area contributed by atoms with E-state index >= 15 is 0 Å². The summed E-state index contributed by atoms with van der Waals surface area (Å²) in [7, 11) is 1.60. The lowest BCUT2D eigenvalue weighted by Crippen LogP contribution is -2.14. The van der Waals surface area contributed by atoms with E-state index in [-0.39, 0.29) is 23.6 Å². The highest BCUT2D eigenvalue weighted by Crippen LogP contribution is 2.37. The quantitative estimate of drug-likeness (QED) is 0.580. The average Bonchev–Trinajstić information content (AvgIpc) is 3.19. The van der Waals surface area contributed by atoms with Crippen molar-refractivity contribution in [3.63, 3.8) is 0 Å². The first-order chi connectivity index (χ1) is 12.0. The Morgan fingerprint density at radius 1 is 1.32 bits per heavy atom. The Bertz CT molecular complexity index is 881. The second-order valence-electron chi connectivity index (χ2n) is 4.66. The zero-order valence-electron chi connectivity index (χ0n) is 12.8. The van der Waals surface area contributed by atoms with Crippen LogP contribution in [0.2, 0.25) is 8.67 Å². The summed E-state index contributed by atoms with van der Waals surface area (Å²) in [6, 6.07) is 9.07. The van der Waals surface area contributed by atoms with E-state index in [4.69, 9.17) is 32.4 Å². The molecule has 0 atom stereocenters. The SMILES string of the molecule is COc1ccc(SCC(=O)Nc2nnc(-c3cc(Cl)sc3Cl)o2)cc1. The molecule has 0 aliphatic carbocycles. The molecule has 2 heterocycles. The molecule has 10 heteroatoms. The number of methoxy groups -OCH3 is 1. The molecule has 3 aromatic rings. The molecule has 130 valence electrons. The zero-order valence-corrected chi connectivity index (χ0v) is 15.9. The number of thioether (sulfide) groups is 1. The standard InChI is InChI=1S/C15H11Cl2N3O3S2/c1-22-8-2-4-9(5-3-8)24-7-12(21)18-15-20-19-14(23-15)10-6-11(16)25-13(10)17/h2-6H,7H2,1H3,(H,18,20,21). The Balaban J connectivity index is 1.57. The maximum atomic E-state index is 12.0. The lowest BCUT2D eigenvalue weighted by molar-refractivity contribution is -0.113. The van der Waals surface area contributed by atoms with Crippen molar-refractivity contribution >= 4 is 58.2 Å². The van der Waals surface area contributed by atoms with E-state index in [2.05, 4.69) is 15.5 Å². The van der Waals surface area contributed by atoms with Crippen LogP contribution in [0.1, 0.15) is 0 Å². The minimum absolute atomic E-state index is 0.00807. The molecule has 0 saturated heterocycles. The van der Waals surface area contributed by atoms with Gasteiger partial charge in [0, 0.05) is 4.90 Å². The van der Waals surface area contributed by atoms with Gasteiger partial charge in [-0.1, -0.05) is 28.3 Å². The van der Waals surface area contributed by atoms with E-state index in [0.717, 1.165) is 10.6 Å². The van der Waals surface area contributed by atoms with E-state index in [1.54, 1.807) is 13.2 Å². The number of carbonyl (C=O) groups is 1. The maximum absolute atomic E-state index is 12.0. The van der Waals surface area contributed by atoms with Gasteiger partial charge < -0.3 is 9.15 Å². The number of thiophene rings is 1. The molecule has 6 nitrogen and oxygen atoms in total. The molecule has 1 amide bonds. The van der Waals surface area contributed by atoms with Crippen molar-refractivity contribution in [3.8, 4) is 17.2 Å². The van der Waals surface area contributed by atoms with Crippen LogP contribution in [0.5, 0.6) is 5.75 Å². The van der Waals surface area contributed by atoms with Crippen LogP contribution in [-0.4, -0.2) is 29.0 Å². The number of rotatable bonds is 6. The van der Waals surface area contributed by atoms with Crippen LogP contribution in [0, 0.1) is 0 Å². The molecule has 1 N–H and O–H groups in total. The van der Waals surface area contributed by atoms with Crippen molar-refractivity contribution in [2.45, 2.75) is 4.90 Å². The van der Waals surface area contributed by atoms with E-state index in [1.165, 1.54) is 23.1 Å². The lowest BCUT2D eigenvalue weighted by atomic mass is 10.3. The minimum Gasteiger partial charge on any atom is -0.497 e. The first-order valence-electron chi connectivity index (χ1n) is 6.90. The van der Waals surface area contributed by atoms with Crippen LogP contribution in [0.3, 0.4) is 0 Å². The molecule has 0 bridgehead atoms. The van der Waals surface area contributed by atoms with Crippen LogP contribution in [0.25, 0.3) is 11.5 Å². The average molecular weight is 416 g/mol. The van der Waals surface area contributed by atoms with Crippen molar-refractivity contribution in [1.29, 1.82) is 0 Å². The topological polar surface area (TPSA) is 77.2 Å². The zero-order chi connectivity index (χ0) is 17.8. The Morgan fingerprint density at radius 3 is 2.72 bits per heavy atom. The summed E-state index contributed by atoms with van der Waals surface area (Å²) in [6.45, 7) is 0. The first kappa shape index (κ1) is 18.1. The Hall–Kier alpha value is -1.74. The first-order valence-corrected chi connectivity index (χ1v) is 9.46. The smallest absolute Gasteiger partial charge is 0.322 e. The van der Waals surface area contributed by atoms with Crippen molar-refractivity contribution in [2.75, 3.05) is 18.2 Å². The molecule has 0 aliphatic rings. The van der Waals surface area contributed by atoms with E-state index < -0.39 is 0 Å². The van der Waals surface area contributed by atoms with Crippen LogP contribution in [-0.2, 0) is 4.79 Å². The molecule has 0 radical (unpaired) electrons. The highest BCUT2D eigenvalue weighted by atomic mass is 35.5. The van der Waals surface area contributed by atoms with Crippen molar-refractivity contribution in [2.24, 2.45) is 0 Å². The largest absolute Gasteiger partial charge is 0.497 e. The summed E-state index contributed by atoms with van der Waals surface area (Å²) in [4.78, 5) is 12.9. The van der Waals surface area contributed by atoms with Gasteiger partial charge in [-0.3, -0.25) is 10.1 Å². The van der Waals surface area contributed by atoms with Gasteiger partial charge in [0.05, 0.1) is 22.8 Å². The predicted molar refractivity (Wildman–Crippen MR) is 100.0 cm³/mol. The highest BCUT2D eigenvalue weighted by Gasteiger charge is 2.16. The number of hydrogen-bond acceptors (Lipinski definition) is 7. The third-order valence-electron chi connectivity index (χ3n) is 2.99. The normalized spacial score (nSPS) is 10.7.